The molecule has 4 nitrogen and oxygen atoms in total. The lowest BCUT2D eigenvalue weighted by molar-refractivity contribution is 0.621. The standard InChI is InChI=1S/C12H15FN4S/c1-8-15-16-12(17(8)2)18-11-6-9(3-4-14)5-10(13)7-11/h5-7H,3-4,14H2,1-2H3. The molecule has 1 heterocycles. The van der Waals surface area contributed by atoms with Crippen molar-refractivity contribution in [2.45, 2.75) is 23.4 Å². The fourth-order valence-electron chi connectivity index (χ4n) is 1.57. The molecule has 0 fully saturated rings. The van der Waals surface area contributed by atoms with E-state index in [0.29, 0.717) is 13.0 Å². The topological polar surface area (TPSA) is 56.7 Å². The van der Waals surface area contributed by atoms with Crippen molar-refractivity contribution < 1.29 is 4.39 Å². The van der Waals surface area contributed by atoms with Gasteiger partial charge in [-0.1, -0.05) is 0 Å². The first-order valence-electron chi connectivity index (χ1n) is 5.63. The van der Waals surface area contributed by atoms with Crippen LogP contribution in [0, 0.1) is 12.7 Å². The van der Waals surface area contributed by atoms with Crippen LogP contribution in [0.4, 0.5) is 4.39 Å². The van der Waals surface area contributed by atoms with Crippen LogP contribution in [0.5, 0.6) is 0 Å². The Morgan fingerprint density at radius 3 is 2.72 bits per heavy atom. The molecule has 0 saturated heterocycles. The lowest BCUT2D eigenvalue weighted by atomic mass is 10.1. The second kappa shape index (κ2) is 5.49. The molecular formula is C12H15FN4S. The largest absolute Gasteiger partial charge is 0.330 e. The van der Waals surface area contributed by atoms with Gasteiger partial charge in [0.05, 0.1) is 0 Å². The third-order valence-electron chi connectivity index (χ3n) is 2.63. The van der Waals surface area contributed by atoms with Crippen molar-refractivity contribution >= 4 is 11.8 Å². The third-order valence-corrected chi connectivity index (χ3v) is 3.64. The lowest BCUT2D eigenvalue weighted by Crippen LogP contribution is -2.03. The molecule has 0 saturated carbocycles. The van der Waals surface area contributed by atoms with Crippen molar-refractivity contribution in [2.24, 2.45) is 12.8 Å². The zero-order chi connectivity index (χ0) is 13.1. The third kappa shape index (κ3) is 2.88. The fourth-order valence-corrected chi connectivity index (χ4v) is 2.52. The average Bonchev–Trinajstić information content (AvgIpc) is 2.61. The van der Waals surface area contributed by atoms with Gasteiger partial charge in [-0.15, -0.1) is 10.2 Å². The molecule has 0 atom stereocenters. The number of nitrogens with zero attached hydrogens (tertiary/aromatic N) is 3. The summed E-state index contributed by atoms with van der Waals surface area (Å²) in [6.45, 7) is 2.39. The van der Waals surface area contributed by atoms with Gasteiger partial charge in [-0.05, 0) is 55.4 Å². The first-order valence-corrected chi connectivity index (χ1v) is 6.45. The van der Waals surface area contributed by atoms with Crippen LogP contribution in [0.25, 0.3) is 0 Å². The SMILES string of the molecule is Cc1nnc(Sc2cc(F)cc(CCN)c2)n1C. The minimum Gasteiger partial charge on any atom is -0.330 e. The summed E-state index contributed by atoms with van der Waals surface area (Å²) in [6, 6.07) is 4.94. The van der Waals surface area contributed by atoms with Crippen LogP contribution in [0.2, 0.25) is 0 Å². The quantitative estimate of drug-likeness (QED) is 0.918. The molecule has 2 rings (SSSR count). The highest BCUT2D eigenvalue weighted by atomic mass is 32.2. The van der Waals surface area contributed by atoms with Gasteiger partial charge in [0.2, 0.25) is 0 Å². The predicted octanol–water partition coefficient (Wildman–Crippen LogP) is 1.92. The normalized spacial score (nSPS) is 10.9. The molecule has 1 aromatic heterocycles. The van der Waals surface area contributed by atoms with Crippen molar-refractivity contribution in [3.63, 3.8) is 0 Å². The van der Waals surface area contributed by atoms with Gasteiger partial charge < -0.3 is 10.3 Å². The summed E-state index contributed by atoms with van der Waals surface area (Å²) in [5.74, 6) is 0.582. The van der Waals surface area contributed by atoms with E-state index < -0.39 is 0 Å². The van der Waals surface area contributed by atoms with Gasteiger partial charge in [0.15, 0.2) is 5.16 Å². The zero-order valence-electron chi connectivity index (χ0n) is 10.4. The number of benzene rings is 1. The highest BCUT2D eigenvalue weighted by Gasteiger charge is 2.08. The van der Waals surface area contributed by atoms with Crippen molar-refractivity contribution in [3.8, 4) is 0 Å². The van der Waals surface area contributed by atoms with Crippen LogP contribution < -0.4 is 5.73 Å². The van der Waals surface area contributed by atoms with Gasteiger partial charge in [0.25, 0.3) is 0 Å². The zero-order valence-corrected chi connectivity index (χ0v) is 11.2. The smallest absolute Gasteiger partial charge is 0.195 e. The van der Waals surface area contributed by atoms with Crippen molar-refractivity contribution in [1.29, 1.82) is 0 Å². The number of hydrogen-bond acceptors (Lipinski definition) is 4. The highest BCUT2D eigenvalue weighted by Crippen LogP contribution is 2.27. The molecule has 0 aliphatic heterocycles. The Morgan fingerprint density at radius 2 is 2.11 bits per heavy atom. The minimum absolute atomic E-state index is 0.248. The summed E-state index contributed by atoms with van der Waals surface area (Å²) < 4.78 is 15.3. The van der Waals surface area contributed by atoms with E-state index in [9.17, 15) is 4.39 Å². The van der Waals surface area contributed by atoms with E-state index in [0.717, 1.165) is 21.4 Å². The molecule has 0 aliphatic rings. The molecule has 6 heteroatoms. The Hall–Kier alpha value is -1.40. The van der Waals surface area contributed by atoms with E-state index in [1.165, 1.54) is 23.9 Å². The first kappa shape index (κ1) is 13.0. The van der Waals surface area contributed by atoms with Crippen LogP contribution in [0.1, 0.15) is 11.4 Å². The second-order valence-electron chi connectivity index (χ2n) is 4.02. The Kier molecular flexibility index (Phi) is 3.98. The van der Waals surface area contributed by atoms with E-state index in [1.807, 2.05) is 24.6 Å². The maximum atomic E-state index is 13.5. The number of aromatic nitrogens is 3. The average molecular weight is 266 g/mol. The van der Waals surface area contributed by atoms with Crippen molar-refractivity contribution in [2.75, 3.05) is 6.54 Å². The molecule has 0 spiro atoms. The predicted molar refractivity (Wildman–Crippen MR) is 69.0 cm³/mol. The van der Waals surface area contributed by atoms with E-state index in [4.69, 9.17) is 5.73 Å². The Morgan fingerprint density at radius 1 is 1.33 bits per heavy atom. The number of nitrogens with two attached hydrogens (primary N) is 1. The van der Waals surface area contributed by atoms with Gasteiger partial charge in [0, 0.05) is 11.9 Å². The number of aryl methyl sites for hydroxylation is 1. The Balaban J connectivity index is 2.26. The Labute approximate surface area is 109 Å². The van der Waals surface area contributed by atoms with Gasteiger partial charge in [-0.2, -0.15) is 0 Å². The monoisotopic (exact) mass is 266 g/mol. The summed E-state index contributed by atoms with van der Waals surface area (Å²) in [7, 11) is 1.89. The van der Waals surface area contributed by atoms with Gasteiger partial charge in [-0.3, -0.25) is 0 Å². The minimum atomic E-state index is -0.248. The maximum Gasteiger partial charge on any atom is 0.195 e. The van der Waals surface area contributed by atoms with E-state index in [2.05, 4.69) is 10.2 Å². The molecular weight excluding hydrogens is 251 g/mol. The summed E-state index contributed by atoms with van der Waals surface area (Å²) >= 11 is 1.40. The molecule has 0 radical (unpaired) electrons. The molecule has 96 valence electrons. The summed E-state index contributed by atoms with van der Waals surface area (Å²) in [5.41, 5.74) is 6.39. The van der Waals surface area contributed by atoms with Crippen molar-refractivity contribution in [3.05, 3.63) is 35.4 Å². The molecule has 2 aromatic rings. The molecule has 0 aliphatic carbocycles. The van der Waals surface area contributed by atoms with Crippen LogP contribution in [-0.4, -0.2) is 21.3 Å². The molecule has 18 heavy (non-hydrogen) atoms. The van der Waals surface area contributed by atoms with Gasteiger partial charge in [-0.25, -0.2) is 4.39 Å². The number of rotatable bonds is 4. The van der Waals surface area contributed by atoms with E-state index >= 15 is 0 Å². The van der Waals surface area contributed by atoms with Crippen molar-refractivity contribution in [1.82, 2.24) is 14.8 Å². The molecule has 1 aromatic carbocycles. The van der Waals surface area contributed by atoms with Crippen LogP contribution in [0.15, 0.2) is 28.3 Å². The van der Waals surface area contributed by atoms with Crippen LogP contribution in [-0.2, 0) is 13.5 Å². The molecule has 0 bridgehead atoms. The van der Waals surface area contributed by atoms with Gasteiger partial charge in [0.1, 0.15) is 11.6 Å². The molecule has 2 N–H and O–H groups in total. The molecule has 0 unspecified atom stereocenters. The number of halogens is 1. The first-order chi connectivity index (χ1) is 8.60. The van der Waals surface area contributed by atoms with E-state index in [1.54, 1.807) is 0 Å². The van der Waals surface area contributed by atoms with E-state index in [-0.39, 0.29) is 5.82 Å². The van der Waals surface area contributed by atoms with Crippen LogP contribution >= 0.6 is 11.8 Å². The summed E-state index contributed by atoms with van der Waals surface area (Å²) in [5, 5.41) is 8.76. The van der Waals surface area contributed by atoms with Crippen LogP contribution in [0.3, 0.4) is 0 Å². The second-order valence-corrected chi connectivity index (χ2v) is 5.07. The maximum absolute atomic E-state index is 13.5. The van der Waals surface area contributed by atoms with Gasteiger partial charge >= 0.3 is 0 Å². The lowest BCUT2D eigenvalue weighted by Gasteiger charge is -2.05. The number of hydrogen-bond donors (Lipinski definition) is 1. The fraction of sp³-hybridized carbons (Fsp3) is 0.333. The highest BCUT2D eigenvalue weighted by molar-refractivity contribution is 7.99. The summed E-state index contributed by atoms with van der Waals surface area (Å²) in [4.78, 5) is 0.814. The molecule has 0 amide bonds. The summed E-state index contributed by atoms with van der Waals surface area (Å²) in [6.07, 6.45) is 0.670. The Bertz CT molecular complexity index is 553.